The minimum atomic E-state index is -1.06. The fraction of sp³-hybridized carbons (Fsp3) is 0.273. The Kier molecular flexibility index (Phi) is 3.33. The van der Waals surface area contributed by atoms with Crippen LogP contribution in [-0.2, 0) is 4.79 Å². The lowest BCUT2D eigenvalue weighted by Crippen LogP contribution is -2.37. The molecule has 0 aliphatic carbocycles. The second-order valence-corrected chi connectivity index (χ2v) is 4.53. The van der Waals surface area contributed by atoms with Gasteiger partial charge < -0.3 is 10.0 Å². The van der Waals surface area contributed by atoms with E-state index in [9.17, 15) is 14.0 Å². The molecule has 1 heterocycles. The number of alkyl halides is 1. The summed E-state index contributed by atoms with van der Waals surface area (Å²) in [6.45, 7) is -0.678. The van der Waals surface area contributed by atoms with Gasteiger partial charge in [-0.25, -0.2) is 9.18 Å². The van der Waals surface area contributed by atoms with Gasteiger partial charge in [0, 0.05) is 4.90 Å². The molecule has 0 spiro atoms. The van der Waals surface area contributed by atoms with Crippen molar-refractivity contribution in [1.82, 2.24) is 0 Å². The topological polar surface area (TPSA) is 57.6 Å². The number of fused-ring (bicyclic) bond motifs is 1. The number of aromatic carboxylic acids is 1. The first-order chi connectivity index (χ1) is 8.13. The molecule has 0 radical (unpaired) electrons. The van der Waals surface area contributed by atoms with Gasteiger partial charge in [-0.05, 0) is 18.2 Å². The lowest BCUT2D eigenvalue weighted by molar-refractivity contribution is -0.116. The molecule has 6 heteroatoms. The first-order valence-corrected chi connectivity index (χ1v) is 5.98. The third-order valence-electron chi connectivity index (χ3n) is 2.46. The maximum absolute atomic E-state index is 12.4. The van der Waals surface area contributed by atoms with Crippen LogP contribution >= 0.6 is 11.8 Å². The molecule has 0 saturated carbocycles. The summed E-state index contributed by atoms with van der Waals surface area (Å²) in [6, 6.07) is 4.55. The van der Waals surface area contributed by atoms with Crippen LogP contribution in [0.3, 0.4) is 0 Å². The summed E-state index contributed by atoms with van der Waals surface area (Å²) < 4.78 is 12.4. The van der Waals surface area contributed by atoms with Gasteiger partial charge in [0.15, 0.2) is 0 Å². The molecular weight excluding hydrogens is 245 g/mol. The van der Waals surface area contributed by atoms with Crippen molar-refractivity contribution in [3.63, 3.8) is 0 Å². The zero-order chi connectivity index (χ0) is 12.4. The molecule has 1 amide bonds. The number of hydrogen-bond acceptors (Lipinski definition) is 3. The summed E-state index contributed by atoms with van der Waals surface area (Å²) in [7, 11) is 0. The number of benzene rings is 1. The largest absolute Gasteiger partial charge is 0.478 e. The molecule has 1 aromatic rings. The van der Waals surface area contributed by atoms with E-state index in [2.05, 4.69) is 0 Å². The van der Waals surface area contributed by atoms with E-state index < -0.39 is 12.6 Å². The van der Waals surface area contributed by atoms with Crippen LogP contribution in [0.5, 0.6) is 0 Å². The molecule has 0 bridgehead atoms. The number of thioether (sulfide) groups is 1. The molecule has 0 atom stereocenters. The molecule has 0 unspecified atom stereocenters. The van der Waals surface area contributed by atoms with E-state index in [1.807, 2.05) is 0 Å². The van der Waals surface area contributed by atoms with E-state index in [0.717, 1.165) is 4.90 Å². The molecule has 90 valence electrons. The standard InChI is InChI=1S/C11H10FNO3S/c12-3-4-13-8-5-7(11(15)16)1-2-9(8)17-6-10(13)14/h1-2,5H,3-4,6H2,(H,15,16). The number of carbonyl (C=O) groups is 2. The number of nitrogens with zero attached hydrogens (tertiary/aromatic N) is 1. The first-order valence-electron chi connectivity index (χ1n) is 5.00. The molecule has 4 nitrogen and oxygen atoms in total. The third-order valence-corrected chi connectivity index (χ3v) is 3.50. The lowest BCUT2D eigenvalue weighted by atomic mass is 10.2. The Bertz CT molecular complexity index is 478. The van der Waals surface area contributed by atoms with Crippen LogP contribution in [0.15, 0.2) is 23.1 Å². The van der Waals surface area contributed by atoms with Crippen LogP contribution < -0.4 is 4.90 Å². The van der Waals surface area contributed by atoms with Gasteiger partial charge in [-0.1, -0.05) is 0 Å². The second kappa shape index (κ2) is 4.75. The number of carboxylic acid groups (broad SMARTS) is 1. The Morgan fingerprint density at radius 2 is 2.29 bits per heavy atom. The van der Waals surface area contributed by atoms with Crippen LogP contribution in [0.4, 0.5) is 10.1 Å². The van der Waals surface area contributed by atoms with Gasteiger partial charge in [0.25, 0.3) is 0 Å². The molecule has 1 N–H and O–H groups in total. The predicted molar refractivity (Wildman–Crippen MR) is 62.5 cm³/mol. The van der Waals surface area contributed by atoms with E-state index in [-0.39, 0.29) is 23.8 Å². The molecule has 1 aliphatic heterocycles. The van der Waals surface area contributed by atoms with Gasteiger partial charge >= 0.3 is 5.97 Å². The van der Waals surface area contributed by atoms with Crippen LogP contribution in [0.2, 0.25) is 0 Å². The van der Waals surface area contributed by atoms with E-state index in [0.29, 0.717) is 5.69 Å². The Morgan fingerprint density at radius 1 is 1.53 bits per heavy atom. The molecule has 2 rings (SSSR count). The van der Waals surface area contributed by atoms with Crippen molar-refractivity contribution in [2.75, 3.05) is 23.9 Å². The van der Waals surface area contributed by atoms with E-state index >= 15 is 0 Å². The maximum Gasteiger partial charge on any atom is 0.335 e. The Balaban J connectivity index is 2.44. The summed E-state index contributed by atoms with van der Waals surface area (Å²) in [5.74, 6) is -0.988. The second-order valence-electron chi connectivity index (χ2n) is 3.51. The number of anilines is 1. The SMILES string of the molecule is O=C(O)c1ccc2c(c1)N(CCF)C(=O)CS2. The summed E-state index contributed by atoms with van der Waals surface area (Å²) in [5.41, 5.74) is 0.590. The summed E-state index contributed by atoms with van der Waals surface area (Å²) >= 11 is 1.34. The number of carboxylic acids is 1. The van der Waals surface area contributed by atoms with Crippen LogP contribution in [-0.4, -0.2) is 36.0 Å². The fourth-order valence-electron chi connectivity index (χ4n) is 1.66. The average Bonchev–Trinajstić information content (AvgIpc) is 2.32. The van der Waals surface area contributed by atoms with Gasteiger partial charge in [0.05, 0.1) is 23.5 Å². The molecule has 1 aliphatic rings. The molecular formula is C11H10FNO3S. The number of hydrogen-bond donors (Lipinski definition) is 1. The van der Waals surface area contributed by atoms with E-state index in [1.165, 1.54) is 28.8 Å². The Labute approximate surface area is 101 Å². The molecule has 17 heavy (non-hydrogen) atoms. The van der Waals surface area contributed by atoms with Gasteiger partial charge in [-0.2, -0.15) is 0 Å². The predicted octanol–water partition coefficient (Wildman–Crippen LogP) is 1.79. The van der Waals surface area contributed by atoms with Crippen molar-refractivity contribution >= 4 is 29.3 Å². The summed E-state index contributed by atoms with van der Waals surface area (Å²) in [4.78, 5) is 24.6. The monoisotopic (exact) mass is 255 g/mol. The molecule has 0 saturated heterocycles. The quantitative estimate of drug-likeness (QED) is 0.894. The zero-order valence-electron chi connectivity index (χ0n) is 8.85. The van der Waals surface area contributed by atoms with Crippen molar-refractivity contribution in [1.29, 1.82) is 0 Å². The molecule has 0 fully saturated rings. The van der Waals surface area contributed by atoms with Crippen molar-refractivity contribution in [2.24, 2.45) is 0 Å². The summed E-state index contributed by atoms with van der Waals surface area (Å²) in [6.07, 6.45) is 0. The first kappa shape index (κ1) is 11.9. The van der Waals surface area contributed by atoms with Gasteiger partial charge in [-0.15, -0.1) is 11.8 Å². The maximum atomic E-state index is 12.4. The highest BCUT2D eigenvalue weighted by Crippen LogP contribution is 2.35. The van der Waals surface area contributed by atoms with E-state index in [1.54, 1.807) is 6.07 Å². The minimum Gasteiger partial charge on any atom is -0.478 e. The average molecular weight is 255 g/mol. The third kappa shape index (κ3) is 2.26. The highest BCUT2D eigenvalue weighted by Gasteiger charge is 2.25. The minimum absolute atomic E-state index is 0.0323. The van der Waals surface area contributed by atoms with Crippen LogP contribution in [0.25, 0.3) is 0 Å². The Morgan fingerprint density at radius 3 is 2.94 bits per heavy atom. The van der Waals surface area contributed by atoms with E-state index in [4.69, 9.17) is 5.11 Å². The molecule has 1 aromatic carbocycles. The smallest absolute Gasteiger partial charge is 0.335 e. The Hall–Kier alpha value is -1.56. The van der Waals surface area contributed by atoms with Crippen molar-refractivity contribution < 1.29 is 19.1 Å². The van der Waals surface area contributed by atoms with Gasteiger partial charge in [-0.3, -0.25) is 4.79 Å². The van der Waals surface area contributed by atoms with Crippen LogP contribution in [0, 0.1) is 0 Å². The zero-order valence-corrected chi connectivity index (χ0v) is 9.67. The number of halogens is 1. The van der Waals surface area contributed by atoms with Gasteiger partial charge in [0.1, 0.15) is 6.67 Å². The highest BCUT2D eigenvalue weighted by molar-refractivity contribution is 8.00. The highest BCUT2D eigenvalue weighted by atomic mass is 32.2. The van der Waals surface area contributed by atoms with Gasteiger partial charge in [0.2, 0.25) is 5.91 Å². The normalized spacial score (nSPS) is 14.6. The molecule has 0 aromatic heterocycles. The summed E-state index contributed by atoms with van der Waals surface area (Å²) in [5, 5.41) is 8.88. The fourth-order valence-corrected chi connectivity index (χ4v) is 2.58. The number of rotatable bonds is 3. The van der Waals surface area contributed by atoms with Crippen molar-refractivity contribution in [3.05, 3.63) is 23.8 Å². The number of amides is 1. The van der Waals surface area contributed by atoms with Crippen molar-refractivity contribution in [3.8, 4) is 0 Å². The van der Waals surface area contributed by atoms with Crippen LogP contribution in [0.1, 0.15) is 10.4 Å². The van der Waals surface area contributed by atoms with Crippen molar-refractivity contribution in [2.45, 2.75) is 4.90 Å². The number of carbonyl (C=O) groups excluding carboxylic acids is 1. The lowest BCUT2D eigenvalue weighted by Gasteiger charge is -2.28.